The zero-order chi connectivity index (χ0) is 9.52. The van der Waals surface area contributed by atoms with E-state index in [0.717, 1.165) is 0 Å². The Kier molecular flexibility index (Phi) is 4.74. The van der Waals surface area contributed by atoms with Crippen LogP contribution in [0.5, 0.6) is 0 Å². The van der Waals surface area contributed by atoms with Gasteiger partial charge in [0.1, 0.15) is 6.10 Å². The normalized spacial score (nSPS) is 16.7. The summed E-state index contributed by atoms with van der Waals surface area (Å²) in [7, 11) is 1.62. The molecule has 76 valence electrons. The lowest BCUT2D eigenvalue weighted by Gasteiger charge is -2.25. The van der Waals surface area contributed by atoms with Gasteiger partial charge >= 0.3 is 5.97 Å². The summed E-state index contributed by atoms with van der Waals surface area (Å²) < 4.78 is 14.7. The van der Waals surface area contributed by atoms with Crippen LogP contribution in [-0.4, -0.2) is 52.1 Å². The van der Waals surface area contributed by atoms with Crippen molar-refractivity contribution >= 4 is 5.97 Å². The molecule has 0 aromatic carbocycles. The second-order valence-corrected chi connectivity index (χ2v) is 2.82. The molecule has 1 heterocycles. The van der Waals surface area contributed by atoms with Crippen LogP contribution in [0.3, 0.4) is 0 Å². The van der Waals surface area contributed by atoms with E-state index < -0.39 is 0 Å². The first-order valence-electron chi connectivity index (χ1n) is 4.30. The first-order valence-corrected chi connectivity index (χ1v) is 4.30. The summed E-state index contributed by atoms with van der Waals surface area (Å²) in [5, 5.41) is 2.90. The van der Waals surface area contributed by atoms with Gasteiger partial charge in [0.05, 0.1) is 26.4 Å². The Labute approximate surface area is 77.3 Å². The van der Waals surface area contributed by atoms with E-state index in [-0.39, 0.29) is 18.6 Å². The summed E-state index contributed by atoms with van der Waals surface area (Å²) in [5.41, 5.74) is 0. The third-order valence-corrected chi connectivity index (χ3v) is 1.66. The number of nitrogens with one attached hydrogen (secondary N) is 1. The van der Waals surface area contributed by atoms with Gasteiger partial charge in [0.25, 0.3) is 0 Å². The number of hydrogen-bond donors (Lipinski definition) is 1. The minimum absolute atomic E-state index is 0.0308. The van der Waals surface area contributed by atoms with Crippen molar-refractivity contribution in [3.8, 4) is 0 Å². The molecule has 1 fully saturated rings. The highest BCUT2D eigenvalue weighted by Crippen LogP contribution is 2.04. The minimum atomic E-state index is -0.232. The third-order valence-electron chi connectivity index (χ3n) is 1.66. The molecule has 1 saturated heterocycles. The van der Waals surface area contributed by atoms with E-state index in [9.17, 15) is 4.79 Å². The molecule has 0 unspecified atom stereocenters. The van der Waals surface area contributed by atoms with Crippen molar-refractivity contribution in [2.45, 2.75) is 6.10 Å². The zero-order valence-corrected chi connectivity index (χ0v) is 7.75. The van der Waals surface area contributed by atoms with Gasteiger partial charge in [0, 0.05) is 13.7 Å². The maximum absolute atomic E-state index is 11.0. The van der Waals surface area contributed by atoms with Gasteiger partial charge < -0.3 is 19.5 Å². The molecule has 0 aromatic rings. The fourth-order valence-corrected chi connectivity index (χ4v) is 0.874. The van der Waals surface area contributed by atoms with Crippen LogP contribution in [0.2, 0.25) is 0 Å². The molecule has 0 bridgehead atoms. The van der Waals surface area contributed by atoms with Gasteiger partial charge in [-0.3, -0.25) is 4.79 Å². The molecule has 0 atom stereocenters. The van der Waals surface area contributed by atoms with E-state index in [2.05, 4.69) is 5.32 Å². The minimum Gasteiger partial charge on any atom is -0.456 e. The lowest BCUT2D eigenvalue weighted by Crippen LogP contribution is -2.40. The number of methoxy groups -OCH3 is 1. The Morgan fingerprint density at radius 1 is 1.62 bits per heavy atom. The van der Waals surface area contributed by atoms with Crippen LogP contribution < -0.4 is 5.32 Å². The fourth-order valence-electron chi connectivity index (χ4n) is 0.874. The Hall–Kier alpha value is -0.650. The summed E-state index contributed by atoms with van der Waals surface area (Å²) in [4.78, 5) is 11.0. The number of hydrogen-bond acceptors (Lipinski definition) is 5. The van der Waals surface area contributed by atoms with Crippen molar-refractivity contribution in [2.75, 3.05) is 40.0 Å². The molecule has 1 aliphatic rings. The summed E-state index contributed by atoms with van der Waals surface area (Å²) in [6, 6.07) is 0. The Morgan fingerprint density at radius 3 is 2.92 bits per heavy atom. The molecule has 0 aromatic heterocycles. The standard InChI is InChI=1S/C8H15NO4/c1-11-3-2-9-4-8(10)13-7-5-12-6-7/h7,9H,2-6H2,1H3. The first kappa shape index (κ1) is 10.4. The number of esters is 1. The smallest absolute Gasteiger partial charge is 0.320 e. The third kappa shape index (κ3) is 4.21. The van der Waals surface area contributed by atoms with Crippen molar-refractivity contribution in [3.63, 3.8) is 0 Å². The molecule has 5 heteroatoms. The van der Waals surface area contributed by atoms with Crippen molar-refractivity contribution in [1.82, 2.24) is 5.32 Å². The summed E-state index contributed by atoms with van der Waals surface area (Å²) in [6.45, 7) is 2.56. The molecular weight excluding hydrogens is 174 g/mol. The molecule has 0 spiro atoms. The van der Waals surface area contributed by atoms with Gasteiger partial charge in [0.15, 0.2) is 0 Å². The number of carbonyl (C=O) groups excluding carboxylic acids is 1. The lowest BCUT2D eigenvalue weighted by atomic mass is 10.3. The average Bonchev–Trinajstić information content (AvgIpc) is 2.06. The van der Waals surface area contributed by atoms with Crippen LogP contribution in [0.15, 0.2) is 0 Å². The van der Waals surface area contributed by atoms with Crippen LogP contribution in [0, 0.1) is 0 Å². The first-order chi connectivity index (χ1) is 6.33. The maximum Gasteiger partial charge on any atom is 0.320 e. The number of ether oxygens (including phenoxy) is 3. The molecule has 1 N–H and O–H groups in total. The molecule has 0 amide bonds. The highest BCUT2D eigenvalue weighted by Gasteiger charge is 2.22. The highest BCUT2D eigenvalue weighted by atomic mass is 16.6. The second kappa shape index (κ2) is 5.90. The van der Waals surface area contributed by atoms with E-state index in [1.807, 2.05) is 0 Å². The van der Waals surface area contributed by atoms with Crippen LogP contribution >= 0.6 is 0 Å². The van der Waals surface area contributed by atoms with Crippen LogP contribution in [0.4, 0.5) is 0 Å². The molecule has 0 saturated carbocycles. The van der Waals surface area contributed by atoms with E-state index >= 15 is 0 Å². The summed E-state index contributed by atoms with van der Waals surface area (Å²) in [5.74, 6) is -0.232. The van der Waals surface area contributed by atoms with E-state index in [0.29, 0.717) is 26.4 Å². The molecular formula is C8H15NO4. The van der Waals surface area contributed by atoms with Gasteiger partial charge in [0.2, 0.25) is 0 Å². The zero-order valence-electron chi connectivity index (χ0n) is 7.75. The van der Waals surface area contributed by atoms with Gasteiger partial charge in [-0.1, -0.05) is 0 Å². The molecule has 1 rings (SSSR count). The quantitative estimate of drug-likeness (QED) is 0.436. The van der Waals surface area contributed by atoms with Crippen molar-refractivity contribution in [1.29, 1.82) is 0 Å². The molecule has 0 radical (unpaired) electrons. The van der Waals surface area contributed by atoms with Gasteiger partial charge in [-0.15, -0.1) is 0 Å². The van der Waals surface area contributed by atoms with Crippen molar-refractivity contribution in [2.24, 2.45) is 0 Å². The second-order valence-electron chi connectivity index (χ2n) is 2.82. The van der Waals surface area contributed by atoms with Gasteiger partial charge in [-0.25, -0.2) is 0 Å². The van der Waals surface area contributed by atoms with Crippen molar-refractivity contribution < 1.29 is 19.0 Å². The molecule has 0 aliphatic carbocycles. The molecule has 5 nitrogen and oxygen atoms in total. The van der Waals surface area contributed by atoms with Crippen LogP contribution in [0.1, 0.15) is 0 Å². The lowest BCUT2D eigenvalue weighted by molar-refractivity contribution is -0.171. The highest BCUT2D eigenvalue weighted by molar-refractivity contribution is 5.71. The predicted octanol–water partition coefficient (Wildman–Crippen LogP) is -0.836. The van der Waals surface area contributed by atoms with Crippen molar-refractivity contribution in [3.05, 3.63) is 0 Å². The van der Waals surface area contributed by atoms with E-state index in [4.69, 9.17) is 14.2 Å². The topological polar surface area (TPSA) is 56.8 Å². The summed E-state index contributed by atoms with van der Waals surface area (Å²) in [6.07, 6.45) is -0.0308. The Balaban J connectivity index is 1.91. The van der Waals surface area contributed by atoms with E-state index in [1.54, 1.807) is 7.11 Å². The number of carbonyl (C=O) groups is 1. The number of rotatable bonds is 6. The van der Waals surface area contributed by atoms with E-state index in [1.165, 1.54) is 0 Å². The molecule has 1 aliphatic heterocycles. The predicted molar refractivity (Wildman–Crippen MR) is 45.4 cm³/mol. The average molecular weight is 189 g/mol. The van der Waals surface area contributed by atoms with Crippen LogP contribution in [-0.2, 0) is 19.0 Å². The Morgan fingerprint density at radius 2 is 2.38 bits per heavy atom. The summed E-state index contributed by atoms with van der Waals surface area (Å²) >= 11 is 0. The SMILES string of the molecule is COCCNCC(=O)OC1COC1. The van der Waals surface area contributed by atoms with Crippen LogP contribution in [0.25, 0.3) is 0 Å². The fraction of sp³-hybridized carbons (Fsp3) is 0.875. The van der Waals surface area contributed by atoms with Gasteiger partial charge in [-0.05, 0) is 0 Å². The maximum atomic E-state index is 11.0. The largest absolute Gasteiger partial charge is 0.456 e. The van der Waals surface area contributed by atoms with Gasteiger partial charge in [-0.2, -0.15) is 0 Å². The molecule has 13 heavy (non-hydrogen) atoms. The monoisotopic (exact) mass is 189 g/mol. The Bertz CT molecular complexity index is 158.